The Balaban J connectivity index is 1.92. The van der Waals surface area contributed by atoms with Crippen LogP contribution in [0.2, 0.25) is 5.02 Å². The largest absolute Gasteiger partial charge is 0.341 e. The molecule has 7 nitrogen and oxygen atoms in total. The van der Waals surface area contributed by atoms with Gasteiger partial charge in [0, 0.05) is 30.4 Å². The minimum atomic E-state index is -0.631. The van der Waals surface area contributed by atoms with Crippen molar-refractivity contribution in [2.75, 3.05) is 24.5 Å². The summed E-state index contributed by atoms with van der Waals surface area (Å²) in [6, 6.07) is 11.1. The second-order valence-corrected chi connectivity index (χ2v) is 7.50. The maximum atomic E-state index is 13.2. The van der Waals surface area contributed by atoms with Crippen LogP contribution in [0.5, 0.6) is 0 Å². The number of anilines is 1. The van der Waals surface area contributed by atoms with Crippen molar-refractivity contribution in [2.45, 2.75) is 26.2 Å². The van der Waals surface area contributed by atoms with E-state index in [9.17, 15) is 19.7 Å². The number of carbonyl (C=O) groups is 2. The molecule has 152 valence electrons. The molecule has 1 aliphatic heterocycles. The Labute approximate surface area is 174 Å². The number of nitro groups is 1. The molecular formula is C21H22ClN3O4. The first-order chi connectivity index (χ1) is 13.9. The second kappa shape index (κ2) is 9.05. The van der Waals surface area contributed by atoms with Crippen molar-refractivity contribution < 1.29 is 14.5 Å². The molecule has 29 heavy (non-hydrogen) atoms. The number of amides is 2. The molecule has 2 amide bonds. The van der Waals surface area contributed by atoms with Crippen molar-refractivity contribution in [1.82, 2.24) is 4.90 Å². The molecule has 0 radical (unpaired) electrons. The molecule has 2 aromatic carbocycles. The van der Waals surface area contributed by atoms with Gasteiger partial charge in [-0.05, 0) is 50.5 Å². The summed E-state index contributed by atoms with van der Waals surface area (Å²) in [5.41, 5.74) is 1.34. The molecule has 8 heteroatoms. The number of nitro benzene ring substituents is 1. The molecule has 2 aromatic rings. The Kier molecular flexibility index (Phi) is 6.49. The first-order valence-electron chi connectivity index (χ1n) is 9.47. The lowest BCUT2D eigenvalue weighted by atomic mass is 10.1. The summed E-state index contributed by atoms with van der Waals surface area (Å²) < 4.78 is 0. The van der Waals surface area contributed by atoms with Crippen LogP contribution in [0.15, 0.2) is 42.5 Å². The molecule has 3 rings (SSSR count). The van der Waals surface area contributed by atoms with Gasteiger partial charge in [-0.2, -0.15) is 0 Å². The van der Waals surface area contributed by atoms with Gasteiger partial charge in [-0.25, -0.2) is 0 Å². The standard InChI is InChI=1S/C21H22ClN3O4/c1-15-5-8-17(9-6-15)24(14-20(26)23-11-3-2-4-12-23)21(27)16-7-10-18(22)19(13-16)25(28)29/h5-10,13H,2-4,11-12,14H2,1H3. The van der Waals surface area contributed by atoms with Crippen molar-refractivity contribution in [1.29, 1.82) is 0 Å². The van der Waals surface area contributed by atoms with E-state index in [-0.39, 0.29) is 28.7 Å². The van der Waals surface area contributed by atoms with E-state index in [1.165, 1.54) is 17.0 Å². The molecule has 1 heterocycles. The predicted octanol–water partition coefficient (Wildman–Crippen LogP) is 4.22. The number of likely N-dealkylation sites (tertiary alicyclic amines) is 1. The first kappa shape index (κ1) is 20.8. The molecule has 0 aliphatic carbocycles. The number of rotatable bonds is 5. The summed E-state index contributed by atoms with van der Waals surface area (Å²) in [6.07, 6.45) is 3.00. The molecule has 1 saturated heterocycles. The van der Waals surface area contributed by atoms with Crippen LogP contribution in [0.4, 0.5) is 11.4 Å². The average molecular weight is 416 g/mol. The number of hydrogen-bond donors (Lipinski definition) is 0. The number of aryl methyl sites for hydroxylation is 1. The van der Waals surface area contributed by atoms with Gasteiger partial charge in [0.25, 0.3) is 11.6 Å². The highest BCUT2D eigenvalue weighted by Gasteiger charge is 2.26. The summed E-state index contributed by atoms with van der Waals surface area (Å²) in [5.74, 6) is -0.624. The third kappa shape index (κ3) is 4.92. The van der Waals surface area contributed by atoms with Crippen molar-refractivity contribution in [3.63, 3.8) is 0 Å². The van der Waals surface area contributed by atoms with Crippen molar-refractivity contribution in [2.24, 2.45) is 0 Å². The Hall–Kier alpha value is -2.93. The first-order valence-corrected chi connectivity index (χ1v) is 9.85. The molecule has 1 aliphatic rings. The van der Waals surface area contributed by atoms with Crippen LogP contribution in [0.1, 0.15) is 35.2 Å². The van der Waals surface area contributed by atoms with E-state index in [4.69, 9.17) is 11.6 Å². The fourth-order valence-corrected chi connectivity index (χ4v) is 3.51. The Morgan fingerprint density at radius 1 is 1.10 bits per heavy atom. The zero-order valence-corrected chi connectivity index (χ0v) is 16.9. The molecule has 0 bridgehead atoms. The molecule has 0 saturated carbocycles. The summed E-state index contributed by atoms with van der Waals surface area (Å²) in [6.45, 7) is 3.16. The molecule has 0 spiro atoms. The maximum Gasteiger partial charge on any atom is 0.288 e. The van der Waals surface area contributed by atoms with Gasteiger partial charge < -0.3 is 4.90 Å². The molecule has 0 atom stereocenters. The van der Waals surface area contributed by atoms with E-state index < -0.39 is 10.8 Å². The van der Waals surface area contributed by atoms with Crippen LogP contribution in [0.25, 0.3) is 0 Å². The summed E-state index contributed by atoms with van der Waals surface area (Å²) in [4.78, 5) is 39.7. The third-order valence-electron chi connectivity index (χ3n) is 4.98. The zero-order valence-electron chi connectivity index (χ0n) is 16.1. The van der Waals surface area contributed by atoms with E-state index >= 15 is 0 Å². The number of piperidine rings is 1. The van der Waals surface area contributed by atoms with Gasteiger partial charge in [0.2, 0.25) is 5.91 Å². The van der Waals surface area contributed by atoms with Gasteiger partial charge in [-0.15, -0.1) is 0 Å². The normalized spacial score (nSPS) is 13.8. The quantitative estimate of drug-likeness (QED) is 0.540. The van der Waals surface area contributed by atoms with E-state index in [2.05, 4.69) is 0 Å². The SMILES string of the molecule is Cc1ccc(N(CC(=O)N2CCCCC2)C(=O)c2ccc(Cl)c([N+](=O)[O-])c2)cc1. The van der Waals surface area contributed by atoms with Gasteiger partial charge in [-0.3, -0.25) is 24.6 Å². The maximum absolute atomic E-state index is 13.2. The van der Waals surface area contributed by atoms with Gasteiger partial charge >= 0.3 is 0 Å². The number of carbonyl (C=O) groups excluding carboxylic acids is 2. The summed E-state index contributed by atoms with van der Waals surface area (Å²) in [5, 5.41) is 11.1. The van der Waals surface area contributed by atoms with Gasteiger partial charge in [0.15, 0.2) is 0 Å². The van der Waals surface area contributed by atoms with Gasteiger partial charge in [0.1, 0.15) is 11.6 Å². The Morgan fingerprint density at radius 2 is 1.76 bits per heavy atom. The van der Waals surface area contributed by atoms with Crippen molar-refractivity contribution in [3.8, 4) is 0 Å². The number of benzene rings is 2. The van der Waals surface area contributed by atoms with Crippen LogP contribution in [0.3, 0.4) is 0 Å². The van der Waals surface area contributed by atoms with Gasteiger partial charge in [0.05, 0.1) is 4.92 Å². The fraction of sp³-hybridized carbons (Fsp3) is 0.333. The molecular weight excluding hydrogens is 394 g/mol. The van der Waals surface area contributed by atoms with Crippen molar-refractivity contribution in [3.05, 3.63) is 68.7 Å². The lowest BCUT2D eigenvalue weighted by Gasteiger charge is -2.30. The highest BCUT2D eigenvalue weighted by Crippen LogP contribution is 2.27. The topological polar surface area (TPSA) is 83.8 Å². The Bertz CT molecular complexity index is 924. The lowest BCUT2D eigenvalue weighted by molar-refractivity contribution is -0.384. The van der Waals surface area contributed by atoms with E-state index in [1.54, 1.807) is 17.0 Å². The molecule has 0 aromatic heterocycles. The minimum absolute atomic E-state index is 0.0437. The number of hydrogen-bond acceptors (Lipinski definition) is 4. The molecule has 0 N–H and O–H groups in total. The molecule has 1 fully saturated rings. The van der Waals surface area contributed by atoms with Crippen LogP contribution >= 0.6 is 11.6 Å². The minimum Gasteiger partial charge on any atom is -0.341 e. The number of nitrogens with zero attached hydrogens (tertiary/aromatic N) is 3. The van der Waals surface area contributed by atoms with Crippen LogP contribution in [-0.4, -0.2) is 41.3 Å². The second-order valence-electron chi connectivity index (χ2n) is 7.09. The average Bonchev–Trinajstić information content (AvgIpc) is 2.73. The zero-order chi connectivity index (χ0) is 21.0. The monoisotopic (exact) mass is 415 g/mol. The smallest absolute Gasteiger partial charge is 0.288 e. The summed E-state index contributed by atoms with van der Waals surface area (Å²) in [7, 11) is 0. The molecule has 0 unspecified atom stereocenters. The fourth-order valence-electron chi connectivity index (χ4n) is 3.33. The van der Waals surface area contributed by atoms with E-state index in [0.29, 0.717) is 18.8 Å². The third-order valence-corrected chi connectivity index (χ3v) is 5.30. The lowest BCUT2D eigenvalue weighted by Crippen LogP contribution is -2.45. The Morgan fingerprint density at radius 3 is 2.38 bits per heavy atom. The highest BCUT2D eigenvalue weighted by atomic mass is 35.5. The van der Waals surface area contributed by atoms with Crippen LogP contribution < -0.4 is 4.90 Å². The predicted molar refractivity (Wildman–Crippen MR) is 111 cm³/mol. The summed E-state index contributed by atoms with van der Waals surface area (Å²) >= 11 is 5.87. The highest BCUT2D eigenvalue weighted by molar-refractivity contribution is 6.32. The van der Waals surface area contributed by atoms with Crippen LogP contribution in [-0.2, 0) is 4.79 Å². The van der Waals surface area contributed by atoms with E-state index in [1.807, 2.05) is 19.1 Å². The number of halogens is 1. The van der Waals surface area contributed by atoms with Crippen LogP contribution in [0, 0.1) is 17.0 Å². The van der Waals surface area contributed by atoms with E-state index in [0.717, 1.165) is 30.9 Å². The van der Waals surface area contributed by atoms with Crippen molar-refractivity contribution >= 4 is 34.8 Å². The van der Waals surface area contributed by atoms with Gasteiger partial charge in [-0.1, -0.05) is 29.3 Å².